The fourth-order valence-corrected chi connectivity index (χ4v) is 4.43. The molecule has 1 aliphatic rings. The van der Waals surface area contributed by atoms with Gasteiger partial charge in [0.15, 0.2) is 0 Å². The molecule has 5 heteroatoms. The summed E-state index contributed by atoms with van der Waals surface area (Å²) in [4.78, 5) is 0.381. The van der Waals surface area contributed by atoms with E-state index in [1.54, 1.807) is 28.6 Å². The van der Waals surface area contributed by atoms with E-state index < -0.39 is 10.0 Å². The van der Waals surface area contributed by atoms with Crippen molar-refractivity contribution in [2.75, 3.05) is 12.4 Å². The molecule has 1 heterocycles. The molecule has 1 fully saturated rings. The summed E-state index contributed by atoms with van der Waals surface area (Å²) in [6.45, 7) is 0.610. The van der Waals surface area contributed by atoms with Crippen LogP contribution in [0.3, 0.4) is 0 Å². The third kappa shape index (κ3) is 2.87. The number of hydrogen-bond acceptors (Lipinski definition) is 2. The van der Waals surface area contributed by atoms with Crippen LogP contribution in [0.2, 0.25) is 0 Å². The highest BCUT2D eigenvalue weighted by Gasteiger charge is 2.32. The van der Waals surface area contributed by atoms with Crippen LogP contribution >= 0.6 is 11.6 Å². The van der Waals surface area contributed by atoms with Crippen molar-refractivity contribution in [1.82, 2.24) is 4.31 Å². The molecule has 100 valence electrons. The first-order valence-corrected chi connectivity index (χ1v) is 8.26. The zero-order chi connectivity index (χ0) is 13.0. The number of sulfonamides is 1. The summed E-state index contributed by atoms with van der Waals surface area (Å²) in [5.74, 6) is 0.505. The lowest BCUT2D eigenvalue weighted by molar-refractivity contribution is 0.247. The van der Waals surface area contributed by atoms with E-state index in [0.717, 1.165) is 25.7 Å². The predicted molar refractivity (Wildman–Crippen MR) is 73.3 cm³/mol. The highest BCUT2D eigenvalue weighted by Crippen LogP contribution is 2.27. The predicted octanol–water partition coefficient (Wildman–Crippen LogP) is 2.86. The second-order valence-corrected chi connectivity index (χ2v) is 6.82. The average molecular weight is 288 g/mol. The van der Waals surface area contributed by atoms with E-state index in [9.17, 15) is 8.42 Å². The molecular weight excluding hydrogens is 270 g/mol. The second-order valence-electron chi connectivity index (χ2n) is 4.56. The van der Waals surface area contributed by atoms with Crippen molar-refractivity contribution in [3.05, 3.63) is 30.3 Å². The number of rotatable bonds is 4. The molecule has 1 saturated heterocycles. The molecule has 0 spiro atoms. The summed E-state index contributed by atoms with van der Waals surface area (Å²) >= 11 is 5.77. The maximum absolute atomic E-state index is 12.6. The molecular formula is C13H18ClNO2S. The Kier molecular flexibility index (Phi) is 4.65. The number of alkyl halides is 1. The van der Waals surface area contributed by atoms with Crippen molar-refractivity contribution in [3.63, 3.8) is 0 Å². The Hall–Kier alpha value is -0.580. The Morgan fingerprint density at radius 2 is 1.94 bits per heavy atom. The first-order valence-electron chi connectivity index (χ1n) is 6.29. The van der Waals surface area contributed by atoms with Crippen LogP contribution in [-0.2, 0) is 10.0 Å². The fraction of sp³-hybridized carbons (Fsp3) is 0.538. The summed E-state index contributed by atoms with van der Waals surface area (Å²) in [6, 6.07) is 8.71. The van der Waals surface area contributed by atoms with Gasteiger partial charge in [-0.3, -0.25) is 0 Å². The van der Waals surface area contributed by atoms with E-state index in [1.165, 1.54) is 0 Å². The van der Waals surface area contributed by atoms with Gasteiger partial charge in [0, 0.05) is 18.5 Å². The van der Waals surface area contributed by atoms with E-state index in [-0.39, 0.29) is 6.04 Å². The Bertz CT molecular complexity index is 473. The van der Waals surface area contributed by atoms with Gasteiger partial charge in [-0.25, -0.2) is 8.42 Å². The minimum atomic E-state index is -3.36. The summed E-state index contributed by atoms with van der Waals surface area (Å²) < 4.78 is 26.7. The summed E-state index contributed by atoms with van der Waals surface area (Å²) in [5.41, 5.74) is 0. The van der Waals surface area contributed by atoms with Crippen molar-refractivity contribution in [3.8, 4) is 0 Å². The van der Waals surface area contributed by atoms with Crippen LogP contribution in [0.1, 0.15) is 25.7 Å². The topological polar surface area (TPSA) is 37.4 Å². The molecule has 1 aromatic carbocycles. The van der Waals surface area contributed by atoms with Crippen LogP contribution in [0.5, 0.6) is 0 Å². The summed E-state index contributed by atoms with van der Waals surface area (Å²) in [7, 11) is -3.36. The minimum Gasteiger partial charge on any atom is -0.207 e. The van der Waals surface area contributed by atoms with Crippen LogP contribution in [0.25, 0.3) is 0 Å². The average Bonchev–Trinajstić information content (AvgIpc) is 2.41. The molecule has 1 unspecified atom stereocenters. The van der Waals surface area contributed by atoms with Gasteiger partial charge in [-0.1, -0.05) is 24.6 Å². The maximum atomic E-state index is 12.6. The van der Waals surface area contributed by atoms with Crippen LogP contribution in [0.15, 0.2) is 35.2 Å². The van der Waals surface area contributed by atoms with Crippen molar-refractivity contribution in [1.29, 1.82) is 0 Å². The molecule has 3 nitrogen and oxygen atoms in total. The van der Waals surface area contributed by atoms with Gasteiger partial charge in [0.2, 0.25) is 10.0 Å². The third-order valence-corrected chi connectivity index (χ3v) is 5.55. The molecule has 18 heavy (non-hydrogen) atoms. The lowest BCUT2D eigenvalue weighted by Crippen LogP contribution is -2.43. The van der Waals surface area contributed by atoms with Gasteiger partial charge in [-0.2, -0.15) is 4.31 Å². The first-order chi connectivity index (χ1) is 8.66. The van der Waals surface area contributed by atoms with E-state index in [0.29, 0.717) is 17.3 Å². The third-order valence-electron chi connectivity index (χ3n) is 3.37. The quantitative estimate of drug-likeness (QED) is 0.799. The number of hydrogen-bond donors (Lipinski definition) is 0. The van der Waals surface area contributed by atoms with Crippen LogP contribution in [-0.4, -0.2) is 31.2 Å². The molecule has 0 amide bonds. The lowest BCUT2D eigenvalue weighted by Gasteiger charge is -2.34. The minimum absolute atomic E-state index is 0.0569. The summed E-state index contributed by atoms with van der Waals surface area (Å²) in [5, 5.41) is 0. The van der Waals surface area contributed by atoms with E-state index >= 15 is 0 Å². The van der Waals surface area contributed by atoms with Gasteiger partial charge in [0.05, 0.1) is 4.90 Å². The zero-order valence-electron chi connectivity index (χ0n) is 10.3. The normalized spacial score (nSPS) is 21.9. The van der Waals surface area contributed by atoms with E-state index in [1.807, 2.05) is 6.07 Å². The monoisotopic (exact) mass is 287 g/mol. The SMILES string of the molecule is O=S(=O)(c1ccccc1)N1CCCCC1CCCl. The molecule has 0 N–H and O–H groups in total. The Morgan fingerprint density at radius 1 is 1.22 bits per heavy atom. The second kappa shape index (κ2) is 6.04. The molecule has 1 atom stereocenters. The van der Waals surface area contributed by atoms with Gasteiger partial charge in [0.25, 0.3) is 0 Å². The van der Waals surface area contributed by atoms with Gasteiger partial charge in [0.1, 0.15) is 0 Å². The van der Waals surface area contributed by atoms with E-state index in [4.69, 9.17) is 11.6 Å². The Balaban J connectivity index is 2.27. The zero-order valence-corrected chi connectivity index (χ0v) is 11.8. The number of benzene rings is 1. The first kappa shape index (κ1) is 13.8. The Labute approximate surface area is 114 Å². The molecule has 0 radical (unpaired) electrons. The number of halogens is 1. The van der Waals surface area contributed by atoms with Crippen LogP contribution in [0, 0.1) is 0 Å². The Morgan fingerprint density at radius 3 is 2.61 bits per heavy atom. The van der Waals surface area contributed by atoms with Crippen LogP contribution < -0.4 is 0 Å². The van der Waals surface area contributed by atoms with Crippen LogP contribution in [0.4, 0.5) is 0 Å². The molecule has 2 rings (SSSR count). The number of nitrogens with zero attached hydrogens (tertiary/aromatic N) is 1. The summed E-state index contributed by atoms with van der Waals surface area (Å²) in [6.07, 6.45) is 3.67. The van der Waals surface area contributed by atoms with Crippen molar-refractivity contribution in [2.45, 2.75) is 36.6 Å². The molecule has 0 aliphatic carbocycles. The standard InChI is InChI=1S/C13H18ClNO2S/c14-10-9-12-6-4-5-11-15(12)18(16,17)13-7-2-1-3-8-13/h1-3,7-8,12H,4-6,9-11H2. The highest BCUT2D eigenvalue weighted by atomic mass is 35.5. The van der Waals surface area contributed by atoms with Gasteiger partial charge < -0.3 is 0 Å². The van der Waals surface area contributed by atoms with Crippen molar-refractivity contribution < 1.29 is 8.42 Å². The molecule has 0 aromatic heterocycles. The highest BCUT2D eigenvalue weighted by molar-refractivity contribution is 7.89. The van der Waals surface area contributed by atoms with Gasteiger partial charge in [-0.05, 0) is 31.4 Å². The van der Waals surface area contributed by atoms with Crippen molar-refractivity contribution in [2.24, 2.45) is 0 Å². The smallest absolute Gasteiger partial charge is 0.207 e. The van der Waals surface area contributed by atoms with Gasteiger partial charge >= 0.3 is 0 Å². The maximum Gasteiger partial charge on any atom is 0.243 e. The largest absolute Gasteiger partial charge is 0.243 e. The molecule has 0 bridgehead atoms. The number of piperidine rings is 1. The fourth-order valence-electron chi connectivity index (χ4n) is 2.43. The molecule has 1 aromatic rings. The molecule has 1 aliphatic heterocycles. The van der Waals surface area contributed by atoms with Crippen molar-refractivity contribution >= 4 is 21.6 Å². The molecule has 0 saturated carbocycles. The van der Waals surface area contributed by atoms with Gasteiger partial charge in [-0.15, -0.1) is 11.6 Å². The lowest BCUT2D eigenvalue weighted by atomic mass is 10.0. The van der Waals surface area contributed by atoms with E-state index in [2.05, 4.69) is 0 Å².